The molecule has 5 heteroatoms. The minimum absolute atomic E-state index is 0.0201. The minimum atomic E-state index is -1.20. The van der Waals surface area contributed by atoms with Crippen LogP contribution in [0.4, 0.5) is 9.18 Å². The van der Waals surface area contributed by atoms with E-state index in [9.17, 15) is 14.3 Å². The van der Waals surface area contributed by atoms with Gasteiger partial charge in [-0.1, -0.05) is 48.5 Å². The van der Waals surface area contributed by atoms with Gasteiger partial charge in [-0.2, -0.15) is 0 Å². The van der Waals surface area contributed by atoms with E-state index in [-0.39, 0.29) is 32.0 Å². The van der Waals surface area contributed by atoms with Crippen LogP contribution < -0.4 is 0 Å². The summed E-state index contributed by atoms with van der Waals surface area (Å²) in [6.07, 6.45) is -2.52. The summed E-state index contributed by atoms with van der Waals surface area (Å²) in [5, 5.41) is 9.65. The highest BCUT2D eigenvalue weighted by Crippen LogP contribution is 2.44. The molecule has 0 spiro atoms. The van der Waals surface area contributed by atoms with Crippen LogP contribution in [0.15, 0.2) is 48.5 Å². The Labute approximate surface area is 145 Å². The number of halogens is 1. The second-order valence-corrected chi connectivity index (χ2v) is 6.70. The van der Waals surface area contributed by atoms with E-state index >= 15 is 0 Å². The van der Waals surface area contributed by atoms with Gasteiger partial charge < -0.3 is 14.7 Å². The van der Waals surface area contributed by atoms with E-state index < -0.39 is 18.4 Å². The zero-order valence-corrected chi connectivity index (χ0v) is 13.8. The number of likely N-dealkylation sites (tertiary alicyclic amines) is 1. The molecule has 4 rings (SSSR count). The maximum Gasteiger partial charge on any atom is 0.409 e. The van der Waals surface area contributed by atoms with Crippen molar-refractivity contribution in [3.05, 3.63) is 59.7 Å². The van der Waals surface area contributed by atoms with Crippen LogP contribution in [0.1, 0.15) is 23.5 Å². The van der Waals surface area contributed by atoms with Crippen LogP contribution >= 0.6 is 0 Å². The van der Waals surface area contributed by atoms with Crippen LogP contribution in [0.3, 0.4) is 0 Å². The number of fused-ring (bicyclic) bond motifs is 3. The molecule has 1 heterocycles. The molecule has 0 aromatic heterocycles. The summed E-state index contributed by atoms with van der Waals surface area (Å²) in [4.78, 5) is 13.6. The third-order valence-electron chi connectivity index (χ3n) is 4.97. The molecule has 2 aromatic carbocycles. The summed E-state index contributed by atoms with van der Waals surface area (Å²) in [6.45, 7) is 0.307. The van der Waals surface area contributed by atoms with Gasteiger partial charge in [-0.3, -0.25) is 0 Å². The molecule has 2 aromatic rings. The highest BCUT2D eigenvalue weighted by molar-refractivity contribution is 5.79. The summed E-state index contributed by atoms with van der Waals surface area (Å²) in [5.41, 5.74) is 4.60. The molecule has 130 valence electrons. The van der Waals surface area contributed by atoms with Gasteiger partial charge in [0, 0.05) is 12.3 Å². The first kappa shape index (κ1) is 16.1. The van der Waals surface area contributed by atoms with Crippen LogP contribution in [-0.2, 0) is 4.74 Å². The molecule has 0 unspecified atom stereocenters. The molecule has 1 aliphatic carbocycles. The normalized spacial score (nSPS) is 22.4. The maximum atomic E-state index is 13.6. The van der Waals surface area contributed by atoms with E-state index in [1.165, 1.54) is 4.90 Å². The number of amides is 1. The number of nitrogens with zero attached hydrogens (tertiary/aromatic N) is 1. The predicted octanol–water partition coefficient (Wildman–Crippen LogP) is 3.34. The Morgan fingerprint density at radius 2 is 1.68 bits per heavy atom. The minimum Gasteiger partial charge on any atom is -0.448 e. The van der Waals surface area contributed by atoms with Gasteiger partial charge in [0.2, 0.25) is 0 Å². The average molecular weight is 341 g/mol. The SMILES string of the molecule is O=C(OCC1c2ccccc2-c2ccccc21)N1C[C@H](O)C[C@@H](F)C1. The van der Waals surface area contributed by atoms with Gasteiger partial charge in [0.25, 0.3) is 0 Å². The van der Waals surface area contributed by atoms with Crippen LogP contribution in [0, 0.1) is 0 Å². The van der Waals surface area contributed by atoms with Crippen molar-refractivity contribution < 1.29 is 19.0 Å². The monoisotopic (exact) mass is 341 g/mol. The lowest BCUT2D eigenvalue weighted by Gasteiger charge is -2.31. The lowest BCUT2D eigenvalue weighted by atomic mass is 9.98. The number of alkyl halides is 1. The molecule has 1 fully saturated rings. The average Bonchev–Trinajstić information content (AvgIpc) is 2.93. The summed E-state index contributed by atoms with van der Waals surface area (Å²) in [5.74, 6) is -0.0211. The molecule has 0 radical (unpaired) electrons. The van der Waals surface area contributed by atoms with Crippen LogP contribution in [-0.4, -0.2) is 48.1 Å². The van der Waals surface area contributed by atoms with Crippen molar-refractivity contribution in [1.82, 2.24) is 4.90 Å². The Morgan fingerprint density at radius 3 is 2.28 bits per heavy atom. The van der Waals surface area contributed by atoms with Gasteiger partial charge in [-0.25, -0.2) is 9.18 Å². The number of ether oxygens (including phenoxy) is 1. The fourth-order valence-corrected chi connectivity index (χ4v) is 3.85. The number of benzene rings is 2. The van der Waals surface area contributed by atoms with E-state index in [4.69, 9.17) is 4.74 Å². The first-order valence-electron chi connectivity index (χ1n) is 8.55. The molecule has 1 N–H and O–H groups in total. The zero-order chi connectivity index (χ0) is 17.4. The number of β-amino-alcohol motifs (C(OH)–C–C–N with tert-alkyl or cyclic N) is 1. The Balaban J connectivity index is 1.50. The van der Waals surface area contributed by atoms with Gasteiger partial charge >= 0.3 is 6.09 Å². The van der Waals surface area contributed by atoms with E-state index in [0.29, 0.717) is 0 Å². The van der Waals surface area contributed by atoms with Gasteiger partial charge in [0.05, 0.1) is 19.2 Å². The molecule has 2 aliphatic rings. The smallest absolute Gasteiger partial charge is 0.409 e. The van der Waals surface area contributed by atoms with Crippen LogP contribution in [0.2, 0.25) is 0 Å². The molecule has 0 bridgehead atoms. The van der Waals surface area contributed by atoms with Crippen molar-refractivity contribution in [3.63, 3.8) is 0 Å². The fraction of sp³-hybridized carbons (Fsp3) is 0.350. The van der Waals surface area contributed by atoms with Gasteiger partial charge in [-0.05, 0) is 22.3 Å². The first-order valence-corrected chi connectivity index (χ1v) is 8.55. The Morgan fingerprint density at radius 1 is 1.08 bits per heavy atom. The van der Waals surface area contributed by atoms with E-state index in [2.05, 4.69) is 24.3 Å². The van der Waals surface area contributed by atoms with Gasteiger partial charge in [0.1, 0.15) is 12.8 Å². The van der Waals surface area contributed by atoms with Crippen molar-refractivity contribution in [2.45, 2.75) is 24.6 Å². The van der Waals surface area contributed by atoms with Crippen molar-refractivity contribution in [3.8, 4) is 11.1 Å². The number of hydrogen-bond donors (Lipinski definition) is 1. The van der Waals surface area contributed by atoms with Crippen molar-refractivity contribution in [1.29, 1.82) is 0 Å². The highest BCUT2D eigenvalue weighted by Gasteiger charge is 2.32. The first-order chi connectivity index (χ1) is 12.1. The number of carbonyl (C=O) groups excluding carboxylic acids is 1. The molecular weight excluding hydrogens is 321 g/mol. The number of aliphatic hydroxyl groups excluding tert-OH is 1. The van der Waals surface area contributed by atoms with Crippen molar-refractivity contribution in [2.75, 3.05) is 19.7 Å². The molecule has 25 heavy (non-hydrogen) atoms. The number of rotatable bonds is 2. The number of piperidine rings is 1. The molecule has 1 aliphatic heterocycles. The zero-order valence-electron chi connectivity index (χ0n) is 13.8. The molecule has 1 saturated heterocycles. The largest absolute Gasteiger partial charge is 0.448 e. The number of hydrogen-bond acceptors (Lipinski definition) is 3. The topological polar surface area (TPSA) is 49.8 Å². The predicted molar refractivity (Wildman–Crippen MR) is 92.2 cm³/mol. The van der Waals surface area contributed by atoms with E-state index in [0.717, 1.165) is 22.3 Å². The fourth-order valence-electron chi connectivity index (χ4n) is 3.85. The second kappa shape index (κ2) is 6.48. The molecule has 1 amide bonds. The lowest BCUT2D eigenvalue weighted by molar-refractivity contribution is 0.0175. The third kappa shape index (κ3) is 3.00. The maximum absolute atomic E-state index is 13.6. The van der Waals surface area contributed by atoms with Crippen molar-refractivity contribution in [2.24, 2.45) is 0 Å². The molecule has 2 atom stereocenters. The van der Waals surface area contributed by atoms with Crippen LogP contribution in [0.5, 0.6) is 0 Å². The Bertz CT molecular complexity index is 739. The standard InChI is InChI=1S/C20H20FNO3/c21-13-9-14(23)11-22(10-13)20(24)25-12-19-17-7-3-1-5-15(17)16-6-2-4-8-18(16)19/h1-8,13-14,19,23H,9-12H2/t13-,14-/m1/s1. The molecular formula is C20H20FNO3. The highest BCUT2D eigenvalue weighted by atomic mass is 19.1. The Kier molecular flexibility index (Phi) is 4.17. The molecule has 4 nitrogen and oxygen atoms in total. The lowest BCUT2D eigenvalue weighted by Crippen LogP contribution is -2.47. The van der Waals surface area contributed by atoms with Crippen LogP contribution in [0.25, 0.3) is 11.1 Å². The van der Waals surface area contributed by atoms with Gasteiger partial charge in [0.15, 0.2) is 0 Å². The Hall–Kier alpha value is -2.40. The summed E-state index contributed by atoms with van der Waals surface area (Å²) in [7, 11) is 0. The molecule has 0 saturated carbocycles. The summed E-state index contributed by atoms with van der Waals surface area (Å²) in [6, 6.07) is 16.2. The van der Waals surface area contributed by atoms with E-state index in [1.54, 1.807) is 0 Å². The van der Waals surface area contributed by atoms with E-state index in [1.807, 2.05) is 24.3 Å². The van der Waals surface area contributed by atoms with Gasteiger partial charge in [-0.15, -0.1) is 0 Å². The summed E-state index contributed by atoms with van der Waals surface area (Å²) < 4.78 is 19.1. The quantitative estimate of drug-likeness (QED) is 0.911. The number of carbonyl (C=O) groups is 1. The summed E-state index contributed by atoms with van der Waals surface area (Å²) >= 11 is 0. The third-order valence-corrected chi connectivity index (χ3v) is 4.97. The van der Waals surface area contributed by atoms with Crippen molar-refractivity contribution >= 4 is 6.09 Å². The number of aliphatic hydroxyl groups is 1. The second-order valence-electron chi connectivity index (χ2n) is 6.70.